The molecule has 0 aliphatic carbocycles. The van der Waals surface area contributed by atoms with Crippen molar-refractivity contribution in [3.05, 3.63) is 46.7 Å². The zero-order chi connectivity index (χ0) is 13.1. The van der Waals surface area contributed by atoms with Gasteiger partial charge in [-0.15, -0.1) is 0 Å². The Hall–Kier alpha value is -1.62. The maximum Gasteiger partial charge on any atom is 0.312 e. The van der Waals surface area contributed by atoms with Crippen LogP contribution in [0.1, 0.15) is 18.4 Å². The molecule has 0 radical (unpaired) electrons. The molecule has 94 valence electrons. The Bertz CT molecular complexity index is 548. The first kappa shape index (κ1) is 12.8. The van der Waals surface area contributed by atoms with Crippen molar-refractivity contribution in [2.45, 2.75) is 12.8 Å². The van der Waals surface area contributed by atoms with Crippen LogP contribution in [0.5, 0.6) is 0 Å². The average Bonchev–Trinajstić information content (AvgIpc) is 2.87. The molecule has 1 unspecified atom stereocenters. The molecule has 0 bridgehead atoms. The van der Waals surface area contributed by atoms with E-state index in [-0.39, 0.29) is 11.9 Å². The lowest BCUT2D eigenvalue weighted by molar-refractivity contribution is -0.141. The summed E-state index contributed by atoms with van der Waals surface area (Å²) in [5.41, 5.74) is 1.78. The largest absolute Gasteiger partial charge is 0.469 e. The Labute approximate surface area is 114 Å². The van der Waals surface area contributed by atoms with E-state index in [0.29, 0.717) is 0 Å². The number of hydrogen-bond donors (Lipinski definition) is 0. The van der Waals surface area contributed by atoms with E-state index in [9.17, 15) is 4.79 Å². The molecule has 18 heavy (non-hydrogen) atoms. The first-order valence-corrected chi connectivity index (χ1v) is 6.29. The minimum absolute atomic E-state index is 0.259. The van der Waals surface area contributed by atoms with E-state index in [1.54, 1.807) is 17.8 Å². The minimum atomic E-state index is -0.306. The Morgan fingerprint density at radius 2 is 2.06 bits per heavy atom. The zero-order valence-corrected chi connectivity index (χ0v) is 11.7. The monoisotopic (exact) mass is 308 g/mol. The molecule has 0 N–H and O–H groups in total. The quantitative estimate of drug-likeness (QED) is 0.819. The third-order valence-electron chi connectivity index (χ3n) is 2.75. The van der Waals surface area contributed by atoms with Crippen LogP contribution in [-0.4, -0.2) is 22.9 Å². The number of benzene rings is 1. The van der Waals surface area contributed by atoms with Gasteiger partial charge in [-0.2, -0.15) is 5.10 Å². The first-order chi connectivity index (χ1) is 8.61. The number of methoxy groups -OCH3 is 1. The van der Waals surface area contributed by atoms with Crippen molar-refractivity contribution >= 4 is 21.9 Å². The molecule has 0 aliphatic rings. The summed E-state index contributed by atoms with van der Waals surface area (Å²) >= 11 is 3.38. The van der Waals surface area contributed by atoms with Gasteiger partial charge in [0.1, 0.15) is 0 Å². The van der Waals surface area contributed by atoms with Crippen molar-refractivity contribution in [2.24, 2.45) is 0 Å². The van der Waals surface area contributed by atoms with Gasteiger partial charge in [-0.05, 0) is 31.2 Å². The first-order valence-electron chi connectivity index (χ1n) is 5.50. The Morgan fingerprint density at radius 3 is 2.67 bits per heavy atom. The lowest BCUT2D eigenvalue weighted by Crippen LogP contribution is -2.09. The molecule has 5 heteroatoms. The maximum atomic E-state index is 11.4. The van der Waals surface area contributed by atoms with Crippen molar-refractivity contribution in [2.75, 3.05) is 7.11 Å². The minimum Gasteiger partial charge on any atom is -0.469 e. The highest BCUT2D eigenvalue weighted by atomic mass is 79.9. The number of halogens is 1. The van der Waals surface area contributed by atoms with E-state index in [4.69, 9.17) is 4.74 Å². The van der Waals surface area contributed by atoms with Crippen LogP contribution < -0.4 is 0 Å². The van der Waals surface area contributed by atoms with Crippen molar-refractivity contribution in [1.82, 2.24) is 9.78 Å². The summed E-state index contributed by atoms with van der Waals surface area (Å²) in [4.78, 5) is 11.4. The standard InChI is InChI=1S/C13H13BrN2O2/c1-9(13(17)18-2)10-7-15-16(8-10)12-5-3-11(14)4-6-12/h3-9H,1-2H3. The van der Waals surface area contributed by atoms with Gasteiger partial charge in [0.25, 0.3) is 0 Å². The molecule has 1 heterocycles. The fourth-order valence-corrected chi connectivity index (χ4v) is 1.87. The lowest BCUT2D eigenvalue weighted by Gasteiger charge is -2.05. The van der Waals surface area contributed by atoms with Crippen LogP contribution in [0.2, 0.25) is 0 Å². The molecule has 2 aromatic rings. The molecule has 0 amide bonds. The molecule has 1 atom stereocenters. The molecule has 0 spiro atoms. The predicted molar refractivity (Wildman–Crippen MR) is 71.7 cm³/mol. The fourth-order valence-electron chi connectivity index (χ4n) is 1.61. The molecule has 4 nitrogen and oxygen atoms in total. The summed E-state index contributed by atoms with van der Waals surface area (Å²) in [7, 11) is 1.39. The van der Waals surface area contributed by atoms with E-state index in [1.165, 1.54) is 7.11 Å². The third-order valence-corrected chi connectivity index (χ3v) is 3.28. The second kappa shape index (κ2) is 5.35. The van der Waals surface area contributed by atoms with E-state index in [0.717, 1.165) is 15.7 Å². The Kier molecular flexibility index (Phi) is 3.81. The van der Waals surface area contributed by atoms with Gasteiger partial charge in [0.15, 0.2) is 0 Å². The number of ether oxygens (including phenoxy) is 1. The van der Waals surface area contributed by atoms with Gasteiger partial charge in [0.05, 0.1) is 24.9 Å². The summed E-state index contributed by atoms with van der Waals surface area (Å²) in [5.74, 6) is -0.565. The van der Waals surface area contributed by atoms with Crippen LogP contribution in [0.3, 0.4) is 0 Å². The van der Waals surface area contributed by atoms with Crippen molar-refractivity contribution < 1.29 is 9.53 Å². The summed E-state index contributed by atoms with van der Waals surface area (Å²) in [6.07, 6.45) is 3.52. The van der Waals surface area contributed by atoms with E-state index in [1.807, 2.05) is 30.5 Å². The molecular formula is C13H13BrN2O2. The van der Waals surface area contributed by atoms with Crippen LogP contribution in [0.4, 0.5) is 0 Å². The highest BCUT2D eigenvalue weighted by Gasteiger charge is 2.17. The van der Waals surface area contributed by atoms with Crippen LogP contribution in [0.25, 0.3) is 5.69 Å². The number of carbonyl (C=O) groups is 1. The van der Waals surface area contributed by atoms with Crippen LogP contribution in [0.15, 0.2) is 41.1 Å². The maximum absolute atomic E-state index is 11.4. The highest BCUT2D eigenvalue weighted by Crippen LogP contribution is 2.19. The number of esters is 1. The Morgan fingerprint density at radius 1 is 1.39 bits per heavy atom. The number of hydrogen-bond acceptors (Lipinski definition) is 3. The average molecular weight is 309 g/mol. The normalized spacial score (nSPS) is 12.2. The second-order valence-corrected chi connectivity index (χ2v) is 4.86. The van der Waals surface area contributed by atoms with Gasteiger partial charge in [-0.3, -0.25) is 4.79 Å². The SMILES string of the molecule is COC(=O)C(C)c1cnn(-c2ccc(Br)cc2)c1. The van der Waals surface area contributed by atoms with Gasteiger partial charge < -0.3 is 4.74 Å². The van der Waals surface area contributed by atoms with Crippen molar-refractivity contribution in [1.29, 1.82) is 0 Å². The van der Waals surface area contributed by atoms with Crippen LogP contribution >= 0.6 is 15.9 Å². The van der Waals surface area contributed by atoms with Crippen LogP contribution in [-0.2, 0) is 9.53 Å². The van der Waals surface area contributed by atoms with Gasteiger partial charge >= 0.3 is 5.97 Å². The van der Waals surface area contributed by atoms with Gasteiger partial charge in [-0.1, -0.05) is 15.9 Å². The van der Waals surface area contributed by atoms with Crippen molar-refractivity contribution in [3.8, 4) is 5.69 Å². The summed E-state index contributed by atoms with van der Waals surface area (Å²) in [5, 5.41) is 4.25. The summed E-state index contributed by atoms with van der Waals surface area (Å²) < 4.78 is 7.47. The number of carbonyl (C=O) groups excluding carboxylic acids is 1. The number of aromatic nitrogens is 2. The molecule has 0 saturated carbocycles. The number of nitrogens with zero attached hydrogens (tertiary/aromatic N) is 2. The van der Waals surface area contributed by atoms with E-state index in [2.05, 4.69) is 21.0 Å². The van der Waals surface area contributed by atoms with Gasteiger partial charge in [0.2, 0.25) is 0 Å². The molecule has 0 saturated heterocycles. The number of rotatable bonds is 3. The fraction of sp³-hybridized carbons (Fsp3) is 0.231. The van der Waals surface area contributed by atoms with E-state index >= 15 is 0 Å². The second-order valence-electron chi connectivity index (χ2n) is 3.94. The smallest absolute Gasteiger partial charge is 0.312 e. The molecule has 2 rings (SSSR count). The van der Waals surface area contributed by atoms with Crippen LogP contribution in [0, 0.1) is 0 Å². The van der Waals surface area contributed by atoms with Gasteiger partial charge in [0, 0.05) is 16.2 Å². The molecule has 1 aromatic carbocycles. The molecule has 0 aliphatic heterocycles. The molecular weight excluding hydrogens is 296 g/mol. The molecule has 1 aromatic heterocycles. The van der Waals surface area contributed by atoms with Gasteiger partial charge in [-0.25, -0.2) is 4.68 Å². The van der Waals surface area contributed by atoms with E-state index < -0.39 is 0 Å². The zero-order valence-electron chi connectivity index (χ0n) is 10.1. The molecule has 0 fully saturated rings. The van der Waals surface area contributed by atoms with Crippen molar-refractivity contribution in [3.63, 3.8) is 0 Å². The highest BCUT2D eigenvalue weighted by molar-refractivity contribution is 9.10. The summed E-state index contributed by atoms with van der Waals surface area (Å²) in [6, 6.07) is 7.79. The lowest BCUT2D eigenvalue weighted by atomic mass is 10.1. The predicted octanol–water partition coefficient (Wildman–Crippen LogP) is 2.91. The summed E-state index contributed by atoms with van der Waals surface area (Å²) in [6.45, 7) is 1.80. The third kappa shape index (κ3) is 2.61. The Balaban J connectivity index is 2.25. The topological polar surface area (TPSA) is 44.1 Å².